The minimum Gasteiger partial charge on any atom is -0.296 e. The second-order valence-electron chi connectivity index (χ2n) is 5.50. The normalized spacial score (nSPS) is 22.9. The number of hydrogen-bond acceptors (Lipinski definition) is 3. The lowest BCUT2D eigenvalue weighted by molar-refractivity contribution is 0.331. The predicted octanol–water partition coefficient (Wildman–Crippen LogP) is 3.41. The Morgan fingerprint density at radius 1 is 1.56 bits per heavy atom. The molecule has 90 valence electrons. The van der Waals surface area contributed by atoms with Gasteiger partial charge in [0.2, 0.25) is 0 Å². The lowest BCUT2D eigenvalue weighted by Gasteiger charge is -2.15. The molecule has 0 amide bonds. The van der Waals surface area contributed by atoms with Gasteiger partial charge < -0.3 is 0 Å². The zero-order valence-electron chi connectivity index (χ0n) is 10.2. The van der Waals surface area contributed by atoms with Crippen molar-refractivity contribution in [3.8, 4) is 0 Å². The van der Waals surface area contributed by atoms with Crippen molar-refractivity contribution in [2.75, 3.05) is 13.1 Å². The SMILES string of the molecule is CC(C)(C)c1csc(CN2CCC(Br)C2)n1. The number of alkyl halides is 1. The van der Waals surface area contributed by atoms with E-state index < -0.39 is 0 Å². The molecule has 0 radical (unpaired) electrons. The van der Waals surface area contributed by atoms with Crippen LogP contribution in [0.3, 0.4) is 0 Å². The maximum atomic E-state index is 4.73. The molecule has 1 fully saturated rings. The molecule has 1 aromatic rings. The van der Waals surface area contributed by atoms with Crippen molar-refractivity contribution in [3.63, 3.8) is 0 Å². The first-order chi connectivity index (χ1) is 7.45. The van der Waals surface area contributed by atoms with E-state index in [0.717, 1.165) is 13.1 Å². The summed E-state index contributed by atoms with van der Waals surface area (Å²) in [5.74, 6) is 0. The van der Waals surface area contributed by atoms with Crippen molar-refractivity contribution < 1.29 is 0 Å². The van der Waals surface area contributed by atoms with Crippen LogP contribution < -0.4 is 0 Å². The summed E-state index contributed by atoms with van der Waals surface area (Å²) in [6.45, 7) is 10.0. The molecule has 2 nitrogen and oxygen atoms in total. The third-order valence-electron chi connectivity index (χ3n) is 2.89. The van der Waals surface area contributed by atoms with Gasteiger partial charge in [-0.1, -0.05) is 36.7 Å². The molecule has 4 heteroatoms. The van der Waals surface area contributed by atoms with Crippen LogP contribution in [0.5, 0.6) is 0 Å². The van der Waals surface area contributed by atoms with Gasteiger partial charge in [-0.25, -0.2) is 4.98 Å². The van der Waals surface area contributed by atoms with Crippen molar-refractivity contribution in [1.29, 1.82) is 0 Å². The molecule has 1 unspecified atom stereocenters. The molecular weight excluding hydrogens is 284 g/mol. The highest BCUT2D eigenvalue weighted by Crippen LogP contribution is 2.25. The molecule has 1 saturated heterocycles. The minimum absolute atomic E-state index is 0.178. The Kier molecular flexibility index (Phi) is 3.72. The van der Waals surface area contributed by atoms with Crippen LogP contribution in [-0.4, -0.2) is 27.8 Å². The van der Waals surface area contributed by atoms with Crippen LogP contribution in [0, 0.1) is 0 Å². The van der Waals surface area contributed by atoms with E-state index >= 15 is 0 Å². The number of rotatable bonds is 2. The highest BCUT2D eigenvalue weighted by Gasteiger charge is 2.22. The molecule has 1 aliphatic heterocycles. The van der Waals surface area contributed by atoms with Crippen molar-refractivity contribution in [2.24, 2.45) is 0 Å². The number of halogens is 1. The van der Waals surface area contributed by atoms with E-state index in [2.05, 4.69) is 47.0 Å². The average Bonchev–Trinajstić information content (AvgIpc) is 2.74. The number of nitrogens with zero attached hydrogens (tertiary/aromatic N) is 2. The smallest absolute Gasteiger partial charge is 0.107 e. The molecule has 1 aliphatic rings. The summed E-state index contributed by atoms with van der Waals surface area (Å²) in [6.07, 6.45) is 1.26. The largest absolute Gasteiger partial charge is 0.296 e. The van der Waals surface area contributed by atoms with Crippen LogP contribution in [0.25, 0.3) is 0 Å². The van der Waals surface area contributed by atoms with Crippen molar-refractivity contribution in [1.82, 2.24) is 9.88 Å². The van der Waals surface area contributed by atoms with Gasteiger partial charge in [0.15, 0.2) is 0 Å². The third kappa shape index (κ3) is 3.05. The van der Waals surface area contributed by atoms with Crippen molar-refractivity contribution in [3.05, 3.63) is 16.1 Å². The molecule has 16 heavy (non-hydrogen) atoms. The first kappa shape index (κ1) is 12.5. The Morgan fingerprint density at radius 2 is 2.31 bits per heavy atom. The van der Waals surface area contributed by atoms with Gasteiger partial charge in [0, 0.05) is 22.2 Å². The molecule has 0 aliphatic carbocycles. The first-order valence-electron chi connectivity index (χ1n) is 5.76. The third-order valence-corrected chi connectivity index (χ3v) is 4.47. The van der Waals surface area contributed by atoms with E-state index in [-0.39, 0.29) is 5.41 Å². The summed E-state index contributed by atoms with van der Waals surface area (Å²) in [5.41, 5.74) is 1.40. The second kappa shape index (κ2) is 4.75. The number of likely N-dealkylation sites (tertiary alicyclic amines) is 1. The van der Waals surface area contributed by atoms with Crippen LogP contribution in [0.15, 0.2) is 5.38 Å². The van der Waals surface area contributed by atoms with Gasteiger partial charge in [-0.05, 0) is 13.0 Å². The topological polar surface area (TPSA) is 16.1 Å². The minimum atomic E-state index is 0.178. The van der Waals surface area contributed by atoms with Crippen LogP contribution in [-0.2, 0) is 12.0 Å². The van der Waals surface area contributed by atoms with Gasteiger partial charge in [-0.3, -0.25) is 4.90 Å². The number of aromatic nitrogens is 1. The monoisotopic (exact) mass is 302 g/mol. The zero-order chi connectivity index (χ0) is 11.8. The molecule has 2 heterocycles. The van der Waals surface area contributed by atoms with Gasteiger partial charge in [-0.15, -0.1) is 11.3 Å². The van der Waals surface area contributed by atoms with Gasteiger partial charge in [0.25, 0.3) is 0 Å². The highest BCUT2D eigenvalue weighted by molar-refractivity contribution is 9.09. The van der Waals surface area contributed by atoms with E-state index in [1.54, 1.807) is 11.3 Å². The molecule has 2 rings (SSSR count). The van der Waals surface area contributed by atoms with E-state index in [0.29, 0.717) is 4.83 Å². The Labute approximate surface area is 110 Å². The maximum Gasteiger partial charge on any atom is 0.107 e. The molecule has 1 atom stereocenters. The van der Waals surface area contributed by atoms with E-state index in [1.165, 1.54) is 23.7 Å². The zero-order valence-corrected chi connectivity index (χ0v) is 12.6. The molecule has 0 spiro atoms. The van der Waals surface area contributed by atoms with Crippen LogP contribution in [0.4, 0.5) is 0 Å². The summed E-state index contributed by atoms with van der Waals surface area (Å²) in [4.78, 5) is 7.88. The predicted molar refractivity (Wildman–Crippen MR) is 73.4 cm³/mol. The summed E-state index contributed by atoms with van der Waals surface area (Å²) in [7, 11) is 0. The van der Waals surface area contributed by atoms with Crippen molar-refractivity contribution in [2.45, 2.75) is 44.0 Å². The summed E-state index contributed by atoms with van der Waals surface area (Å²) < 4.78 is 0. The lowest BCUT2D eigenvalue weighted by atomic mass is 9.93. The fourth-order valence-corrected chi connectivity index (χ4v) is 3.52. The van der Waals surface area contributed by atoms with Gasteiger partial charge in [0.05, 0.1) is 12.2 Å². The quantitative estimate of drug-likeness (QED) is 0.778. The Balaban J connectivity index is 1.98. The van der Waals surface area contributed by atoms with Gasteiger partial charge >= 0.3 is 0 Å². The summed E-state index contributed by atoms with van der Waals surface area (Å²) in [6, 6.07) is 0. The van der Waals surface area contributed by atoms with Crippen LogP contribution in [0.2, 0.25) is 0 Å². The van der Waals surface area contributed by atoms with Gasteiger partial charge in [0.1, 0.15) is 5.01 Å². The van der Waals surface area contributed by atoms with E-state index in [9.17, 15) is 0 Å². The fourth-order valence-electron chi connectivity index (χ4n) is 1.85. The maximum absolute atomic E-state index is 4.73. The summed E-state index contributed by atoms with van der Waals surface area (Å²) in [5, 5.41) is 3.46. The average molecular weight is 303 g/mol. The van der Waals surface area contributed by atoms with Crippen LogP contribution >= 0.6 is 27.3 Å². The molecule has 0 N–H and O–H groups in total. The molecule has 0 saturated carbocycles. The number of hydrogen-bond donors (Lipinski definition) is 0. The molecule has 0 bridgehead atoms. The lowest BCUT2D eigenvalue weighted by Crippen LogP contribution is -2.20. The Morgan fingerprint density at radius 3 is 2.81 bits per heavy atom. The van der Waals surface area contributed by atoms with Crippen molar-refractivity contribution >= 4 is 27.3 Å². The Bertz CT molecular complexity index is 356. The molecule has 0 aromatic carbocycles. The standard InChI is InChI=1S/C12H19BrN2S/c1-12(2,3)10-8-16-11(14-10)7-15-5-4-9(13)6-15/h8-9H,4-7H2,1-3H3. The van der Waals surface area contributed by atoms with Crippen LogP contribution in [0.1, 0.15) is 37.9 Å². The summed E-state index contributed by atoms with van der Waals surface area (Å²) >= 11 is 5.47. The molecular formula is C12H19BrN2S. The first-order valence-corrected chi connectivity index (χ1v) is 7.56. The van der Waals surface area contributed by atoms with E-state index in [4.69, 9.17) is 4.98 Å². The number of thiazole rings is 1. The molecule has 1 aromatic heterocycles. The fraction of sp³-hybridized carbons (Fsp3) is 0.750. The Hall–Kier alpha value is 0.0700. The second-order valence-corrected chi connectivity index (χ2v) is 7.74. The van der Waals surface area contributed by atoms with Gasteiger partial charge in [-0.2, -0.15) is 0 Å². The van der Waals surface area contributed by atoms with E-state index in [1.807, 2.05) is 0 Å². The highest BCUT2D eigenvalue weighted by atomic mass is 79.9.